The van der Waals surface area contributed by atoms with E-state index in [4.69, 9.17) is 4.74 Å². The van der Waals surface area contributed by atoms with Gasteiger partial charge >= 0.3 is 0 Å². The predicted octanol–water partition coefficient (Wildman–Crippen LogP) is 2.24. The highest BCUT2D eigenvalue weighted by molar-refractivity contribution is 7.89. The van der Waals surface area contributed by atoms with Crippen LogP contribution in [0.25, 0.3) is 0 Å². The number of hydrogen-bond acceptors (Lipinski definition) is 4. The zero-order valence-corrected chi connectivity index (χ0v) is 12.9. The Morgan fingerprint density at radius 1 is 1.18 bits per heavy atom. The SMILES string of the molecule is Cc1ccc(S(=O)(=O)NN=Cc2cccc3c2CCO3)cc1. The molecule has 5 nitrogen and oxygen atoms in total. The van der Waals surface area contributed by atoms with Gasteiger partial charge in [-0.1, -0.05) is 29.8 Å². The summed E-state index contributed by atoms with van der Waals surface area (Å²) in [5.41, 5.74) is 2.92. The Morgan fingerprint density at radius 2 is 1.95 bits per heavy atom. The van der Waals surface area contributed by atoms with Crippen molar-refractivity contribution in [2.45, 2.75) is 18.2 Å². The third kappa shape index (κ3) is 2.96. The molecule has 0 aromatic heterocycles. The van der Waals surface area contributed by atoms with Crippen molar-refractivity contribution in [2.24, 2.45) is 5.10 Å². The molecule has 0 saturated carbocycles. The zero-order chi connectivity index (χ0) is 15.6. The number of fused-ring (bicyclic) bond motifs is 1. The maximum absolute atomic E-state index is 12.1. The molecule has 1 N–H and O–H groups in total. The minimum absolute atomic E-state index is 0.192. The number of ether oxygens (including phenoxy) is 1. The fraction of sp³-hybridized carbons (Fsp3) is 0.188. The number of hydrazone groups is 1. The lowest BCUT2D eigenvalue weighted by Crippen LogP contribution is -2.18. The summed E-state index contributed by atoms with van der Waals surface area (Å²) in [6, 6.07) is 12.3. The van der Waals surface area contributed by atoms with Crippen LogP contribution in [-0.4, -0.2) is 21.2 Å². The summed E-state index contributed by atoms with van der Waals surface area (Å²) in [5, 5.41) is 3.87. The van der Waals surface area contributed by atoms with Crippen molar-refractivity contribution < 1.29 is 13.2 Å². The molecule has 1 aliphatic heterocycles. The quantitative estimate of drug-likeness (QED) is 0.695. The lowest BCUT2D eigenvalue weighted by atomic mass is 10.1. The third-order valence-corrected chi connectivity index (χ3v) is 4.73. The molecule has 0 fully saturated rings. The van der Waals surface area contributed by atoms with Gasteiger partial charge in [0.05, 0.1) is 17.7 Å². The summed E-state index contributed by atoms with van der Waals surface area (Å²) in [7, 11) is -3.64. The van der Waals surface area contributed by atoms with Gasteiger partial charge in [-0.25, -0.2) is 4.83 Å². The van der Waals surface area contributed by atoms with Gasteiger partial charge in [0.15, 0.2) is 0 Å². The van der Waals surface area contributed by atoms with Crippen molar-refractivity contribution in [2.75, 3.05) is 6.61 Å². The first-order valence-electron chi connectivity index (χ1n) is 6.92. The van der Waals surface area contributed by atoms with Crippen molar-refractivity contribution in [1.29, 1.82) is 0 Å². The van der Waals surface area contributed by atoms with E-state index in [1.165, 1.54) is 6.21 Å². The second-order valence-electron chi connectivity index (χ2n) is 5.09. The van der Waals surface area contributed by atoms with Crippen molar-refractivity contribution >= 4 is 16.2 Å². The number of benzene rings is 2. The molecule has 3 rings (SSSR count). The van der Waals surface area contributed by atoms with Crippen LogP contribution in [-0.2, 0) is 16.4 Å². The number of rotatable bonds is 4. The van der Waals surface area contributed by atoms with Gasteiger partial charge in [0, 0.05) is 17.5 Å². The molecule has 1 aliphatic rings. The fourth-order valence-electron chi connectivity index (χ4n) is 2.30. The molecule has 0 aliphatic carbocycles. The van der Waals surface area contributed by atoms with Crippen LogP contribution < -0.4 is 9.57 Å². The molecule has 2 aromatic rings. The minimum atomic E-state index is -3.64. The largest absolute Gasteiger partial charge is 0.493 e. The Balaban J connectivity index is 1.77. The standard InChI is InChI=1S/C16H16N2O3S/c1-12-5-7-14(8-6-12)22(19,20)18-17-11-13-3-2-4-16-15(13)9-10-21-16/h2-8,11,18H,9-10H2,1H3. The molecule has 0 bridgehead atoms. The van der Waals surface area contributed by atoms with Gasteiger partial charge in [0.25, 0.3) is 10.0 Å². The Bertz CT molecular complexity index is 812. The first-order valence-corrected chi connectivity index (χ1v) is 8.41. The van der Waals surface area contributed by atoms with Crippen LogP contribution in [0.15, 0.2) is 52.5 Å². The van der Waals surface area contributed by atoms with Crippen molar-refractivity contribution in [1.82, 2.24) is 4.83 Å². The molecule has 1 heterocycles. The van der Waals surface area contributed by atoms with E-state index in [1.807, 2.05) is 25.1 Å². The molecule has 0 atom stereocenters. The first kappa shape index (κ1) is 14.6. The lowest BCUT2D eigenvalue weighted by molar-refractivity contribution is 0.357. The number of nitrogens with one attached hydrogen (secondary N) is 1. The van der Waals surface area contributed by atoms with Gasteiger partial charge in [-0.15, -0.1) is 0 Å². The molecule has 0 amide bonds. The van der Waals surface area contributed by atoms with Crippen molar-refractivity contribution in [3.63, 3.8) is 0 Å². The molecule has 0 unspecified atom stereocenters. The highest BCUT2D eigenvalue weighted by Crippen LogP contribution is 2.27. The second-order valence-corrected chi connectivity index (χ2v) is 6.75. The van der Waals surface area contributed by atoms with Crippen LogP contribution in [0.4, 0.5) is 0 Å². The van der Waals surface area contributed by atoms with E-state index in [2.05, 4.69) is 9.93 Å². The topological polar surface area (TPSA) is 67.8 Å². The molecule has 22 heavy (non-hydrogen) atoms. The molecular formula is C16H16N2O3S. The fourth-order valence-corrected chi connectivity index (χ4v) is 3.10. The van der Waals surface area contributed by atoms with Crippen LogP contribution in [0.5, 0.6) is 5.75 Å². The van der Waals surface area contributed by atoms with Gasteiger partial charge in [-0.05, 0) is 25.1 Å². The Hall–Kier alpha value is -2.34. The van der Waals surface area contributed by atoms with E-state index in [-0.39, 0.29) is 4.90 Å². The van der Waals surface area contributed by atoms with Crippen LogP contribution in [0.1, 0.15) is 16.7 Å². The van der Waals surface area contributed by atoms with Gasteiger partial charge < -0.3 is 4.74 Å². The highest BCUT2D eigenvalue weighted by atomic mass is 32.2. The Labute approximate surface area is 129 Å². The summed E-state index contributed by atoms with van der Waals surface area (Å²) in [6.07, 6.45) is 2.32. The van der Waals surface area contributed by atoms with Crippen LogP contribution in [0.3, 0.4) is 0 Å². The van der Waals surface area contributed by atoms with Crippen LogP contribution in [0.2, 0.25) is 0 Å². The van der Waals surface area contributed by atoms with Gasteiger partial charge in [-0.2, -0.15) is 13.5 Å². The van der Waals surface area contributed by atoms with Crippen LogP contribution in [0, 0.1) is 6.92 Å². The van der Waals surface area contributed by atoms with E-state index < -0.39 is 10.0 Å². The number of aryl methyl sites for hydroxylation is 1. The molecule has 2 aromatic carbocycles. The lowest BCUT2D eigenvalue weighted by Gasteiger charge is -2.04. The van der Waals surface area contributed by atoms with Crippen molar-refractivity contribution in [3.8, 4) is 5.75 Å². The monoisotopic (exact) mass is 316 g/mol. The molecule has 0 radical (unpaired) electrons. The van der Waals surface area contributed by atoms with Crippen LogP contribution >= 0.6 is 0 Å². The average Bonchev–Trinajstić information content (AvgIpc) is 2.97. The van der Waals surface area contributed by atoms with E-state index in [0.29, 0.717) is 6.61 Å². The molecule has 0 saturated heterocycles. The summed E-state index contributed by atoms with van der Waals surface area (Å²) in [5.74, 6) is 0.838. The third-order valence-electron chi connectivity index (χ3n) is 3.49. The number of hydrogen-bond donors (Lipinski definition) is 1. The van der Waals surface area contributed by atoms with Gasteiger partial charge in [0.2, 0.25) is 0 Å². The summed E-state index contributed by atoms with van der Waals surface area (Å²) >= 11 is 0. The number of nitrogens with zero attached hydrogens (tertiary/aromatic N) is 1. The Kier molecular flexibility index (Phi) is 3.85. The summed E-state index contributed by atoms with van der Waals surface area (Å²) in [6.45, 7) is 2.55. The predicted molar refractivity (Wildman–Crippen MR) is 84.7 cm³/mol. The molecule has 114 valence electrons. The molecular weight excluding hydrogens is 300 g/mol. The van der Waals surface area contributed by atoms with Gasteiger partial charge in [0.1, 0.15) is 5.75 Å². The van der Waals surface area contributed by atoms with E-state index in [9.17, 15) is 8.42 Å². The zero-order valence-electron chi connectivity index (χ0n) is 12.1. The summed E-state index contributed by atoms with van der Waals surface area (Å²) < 4.78 is 29.7. The molecule has 6 heteroatoms. The average molecular weight is 316 g/mol. The van der Waals surface area contributed by atoms with E-state index in [0.717, 1.165) is 28.9 Å². The minimum Gasteiger partial charge on any atom is -0.493 e. The maximum Gasteiger partial charge on any atom is 0.276 e. The highest BCUT2D eigenvalue weighted by Gasteiger charge is 2.15. The Morgan fingerprint density at radius 3 is 2.73 bits per heavy atom. The van der Waals surface area contributed by atoms with E-state index in [1.54, 1.807) is 24.3 Å². The first-order chi connectivity index (χ1) is 10.6. The molecule has 0 spiro atoms. The van der Waals surface area contributed by atoms with Crippen molar-refractivity contribution in [3.05, 3.63) is 59.2 Å². The van der Waals surface area contributed by atoms with E-state index >= 15 is 0 Å². The maximum atomic E-state index is 12.1. The smallest absolute Gasteiger partial charge is 0.276 e. The summed E-state index contributed by atoms with van der Waals surface area (Å²) in [4.78, 5) is 2.43. The van der Waals surface area contributed by atoms with Gasteiger partial charge in [-0.3, -0.25) is 0 Å². The number of sulfonamides is 1. The normalized spacial score (nSPS) is 13.9. The second kappa shape index (κ2) is 5.81.